The highest BCUT2D eigenvalue weighted by Crippen LogP contribution is 2.24. The fraction of sp³-hybridized carbons (Fsp3) is 0.708. The predicted octanol–water partition coefficient (Wildman–Crippen LogP) is 3.90. The molecule has 2 aliphatic rings. The fourth-order valence-corrected chi connectivity index (χ4v) is 4.05. The smallest absolute Gasteiger partial charge is 0.191 e. The Morgan fingerprint density at radius 1 is 1.10 bits per heavy atom. The Morgan fingerprint density at radius 2 is 1.93 bits per heavy atom. The van der Waals surface area contributed by atoms with Crippen LogP contribution in [0.2, 0.25) is 0 Å². The first kappa shape index (κ1) is 22.9. The summed E-state index contributed by atoms with van der Waals surface area (Å²) in [5, 5.41) is 6.75. The minimum absolute atomic E-state index is 0.380. The van der Waals surface area contributed by atoms with E-state index in [0.717, 1.165) is 70.5 Å². The quantitative estimate of drug-likeness (QED) is 0.343. The Labute approximate surface area is 181 Å². The van der Waals surface area contributed by atoms with E-state index in [1.165, 1.54) is 37.7 Å². The summed E-state index contributed by atoms with van der Waals surface area (Å²) >= 11 is 0. The molecule has 1 aromatic rings. The van der Waals surface area contributed by atoms with Crippen molar-refractivity contribution in [2.24, 2.45) is 10.9 Å². The summed E-state index contributed by atoms with van der Waals surface area (Å²) in [6.07, 6.45) is 9.87. The molecule has 0 amide bonds. The molecule has 0 radical (unpaired) electrons. The molecule has 1 aromatic carbocycles. The normalized spacial score (nSPS) is 18.9. The molecular weight excluding hydrogens is 378 g/mol. The van der Waals surface area contributed by atoms with Crippen molar-refractivity contribution in [2.45, 2.75) is 64.0 Å². The zero-order valence-corrected chi connectivity index (χ0v) is 18.5. The van der Waals surface area contributed by atoms with Crippen molar-refractivity contribution < 1.29 is 14.2 Å². The van der Waals surface area contributed by atoms with E-state index in [9.17, 15) is 0 Å². The Bertz CT molecular complexity index is 626. The second-order valence-electron chi connectivity index (χ2n) is 8.36. The third-order valence-electron chi connectivity index (χ3n) is 5.89. The van der Waals surface area contributed by atoms with E-state index in [4.69, 9.17) is 14.2 Å². The molecule has 6 nitrogen and oxygen atoms in total. The molecule has 1 saturated carbocycles. The fourth-order valence-electron chi connectivity index (χ4n) is 4.05. The topological polar surface area (TPSA) is 64.1 Å². The third-order valence-corrected chi connectivity index (χ3v) is 5.89. The van der Waals surface area contributed by atoms with Crippen LogP contribution in [0.25, 0.3) is 0 Å². The molecular formula is C24H39N3O3. The van der Waals surface area contributed by atoms with Gasteiger partial charge in [0.2, 0.25) is 0 Å². The number of hydrogen-bond donors (Lipinski definition) is 2. The highest BCUT2D eigenvalue weighted by molar-refractivity contribution is 5.79. The maximum atomic E-state index is 6.18. The van der Waals surface area contributed by atoms with Crippen molar-refractivity contribution in [1.29, 1.82) is 0 Å². The molecule has 30 heavy (non-hydrogen) atoms. The Hall–Kier alpha value is -1.79. The number of nitrogens with zero attached hydrogens (tertiary/aromatic N) is 1. The average molecular weight is 418 g/mol. The molecule has 2 N–H and O–H groups in total. The molecule has 6 heteroatoms. The third kappa shape index (κ3) is 8.52. The van der Waals surface area contributed by atoms with Crippen LogP contribution in [0.3, 0.4) is 0 Å². The van der Waals surface area contributed by atoms with Crippen molar-refractivity contribution in [2.75, 3.05) is 40.0 Å². The van der Waals surface area contributed by atoms with E-state index in [-0.39, 0.29) is 0 Å². The van der Waals surface area contributed by atoms with Gasteiger partial charge in [0.25, 0.3) is 0 Å². The first-order chi connectivity index (χ1) is 14.8. The Balaban J connectivity index is 1.29. The highest BCUT2D eigenvalue weighted by Gasteiger charge is 2.15. The number of benzene rings is 1. The lowest BCUT2D eigenvalue weighted by molar-refractivity contribution is 0.0203. The van der Waals surface area contributed by atoms with Crippen molar-refractivity contribution >= 4 is 5.96 Å². The number of rotatable bonds is 10. The largest absolute Gasteiger partial charge is 0.490 e. The van der Waals surface area contributed by atoms with Gasteiger partial charge in [-0.25, -0.2) is 0 Å². The van der Waals surface area contributed by atoms with Crippen LogP contribution in [-0.4, -0.2) is 52.1 Å². The van der Waals surface area contributed by atoms with E-state index < -0.39 is 0 Å². The van der Waals surface area contributed by atoms with Gasteiger partial charge in [0.1, 0.15) is 5.75 Å². The summed E-state index contributed by atoms with van der Waals surface area (Å²) in [7, 11) is 1.81. The van der Waals surface area contributed by atoms with E-state index in [2.05, 4.69) is 39.9 Å². The summed E-state index contributed by atoms with van der Waals surface area (Å²) in [5.74, 6) is 2.46. The zero-order valence-electron chi connectivity index (χ0n) is 18.5. The number of aliphatic imine (C=N–C) groups is 1. The molecule has 3 rings (SSSR count). The number of ether oxygens (including phenoxy) is 3. The molecule has 0 aromatic heterocycles. The van der Waals surface area contributed by atoms with Gasteiger partial charge in [0, 0.05) is 46.6 Å². The molecule has 0 atom stereocenters. The second kappa shape index (κ2) is 13.5. The van der Waals surface area contributed by atoms with Gasteiger partial charge in [-0.3, -0.25) is 4.99 Å². The minimum atomic E-state index is 0.380. The van der Waals surface area contributed by atoms with Crippen molar-refractivity contribution in [1.82, 2.24) is 10.6 Å². The lowest BCUT2D eigenvalue weighted by Gasteiger charge is -2.23. The van der Waals surface area contributed by atoms with Crippen molar-refractivity contribution in [3.63, 3.8) is 0 Å². The molecule has 1 aliphatic carbocycles. The monoisotopic (exact) mass is 417 g/mol. The molecule has 0 spiro atoms. The SMILES string of the molecule is CN=C(NCCCOCC1CCOCC1)NCc1cccc(OC2CCCCC2)c1. The molecule has 0 bridgehead atoms. The van der Waals surface area contributed by atoms with Gasteiger partial charge in [-0.15, -0.1) is 0 Å². The Morgan fingerprint density at radius 3 is 2.73 bits per heavy atom. The van der Waals surface area contributed by atoms with E-state index in [1.54, 1.807) is 7.05 Å². The van der Waals surface area contributed by atoms with Gasteiger partial charge in [0.15, 0.2) is 5.96 Å². The molecule has 2 fully saturated rings. The van der Waals surface area contributed by atoms with Gasteiger partial charge in [-0.05, 0) is 68.6 Å². The molecule has 0 unspecified atom stereocenters. The molecule has 1 heterocycles. The average Bonchev–Trinajstić information content (AvgIpc) is 2.80. The predicted molar refractivity (Wildman–Crippen MR) is 121 cm³/mol. The van der Waals surface area contributed by atoms with E-state index >= 15 is 0 Å². The van der Waals surface area contributed by atoms with Crippen LogP contribution in [0, 0.1) is 5.92 Å². The van der Waals surface area contributed by atoms with E-state index in [0.29, 0.717) is 12.0 Å². The standard InChI is InChI=1S/C24H39N3O3/c1-25-24(26-13-6-14-29-19-20-11-15-28-16-12-20)27-18-21-7-5-10-23(17-21)30-22-8-3-2-4-9-22/h5,7,10,17,20,22H,2-4,6,8-9,11-16,18-19H2,1H3,(H2,25,26,27). The first-order valence-electron chi connectivity index (χ1n) is 11.7. The van der Waals surface area contributed by atoms with Crippen LogP contribution in [-0.2, 0) is 16.0 Å². The van der Waals surface area contributed by atoms with Crippen LogP contribution in [0.15, 0.2) is 29.3 Å². The summed E-state index contributed by atoms with van der Waals surface area (Å²) in [4.78, 5) is 4.32. The summed E-state index contributed by atoms with van der Waals surface area (Å²) < 4.78 is 17.4. The summed E-state index contributed by atoms with van der Waals surface area (Å²) in [6, 6.07) is 8.39. The Kier molecular flexibility index (Phi) is 10.3. The second-order valence-corrected chi connectivity index (χ2v) is 8.36. The van der Waals surface area contributed by atoms with Crippen LogP contribution in [0.4, 0.5) is 0 Å². The van der Waals surface area contributed by atoms with Crippen molar-refractivity contribution in [3.05, 3.63) is 29.8 Å². The van der Waals surface area contributed by atoms with Crippen LogP contribution in [0.5, 0.6) is 5.75 Å². The molecule has 1 aliphatic heterocycles. The summed E-state index contributed by atoms with van der Waals surface area (Å²) in [6.45, 7) is 4.97. The van der Waals surface area contributed by atoms with Gasteiger partial charge < -0.3 is 24.8 Å². The zero-order chi connectivity index (χ0) is 20.9. The number of nitrogens with one attached hydrogen (secondary N) is 2. The van der Waals surface area contributed by atoms with Crippen LogP contribution < -0.4 is 15.4 Å². The van der Waals surface area contributed by atoms with Gasteiger partial charge >= 0.3 is 0 Å². The lowest BCUT2D eigenvalue weighted by Crippen LogP contribution is -2.37. The van der Waals surface area contributed by atoms with Crippen LogP contribution in [0.1, 0.15) is 56.9 Å². The maximum absolute atomic E-state index is 6.18. The highest BCUT2D eigenvalue weighted by atomic mass is 16.5. The van der Waals surface area contributed by atoms with Crippen LogP contribution >= 0.6 is 0 Å². The van der Waals surface area contributed by atoms with Gasteiger partial charge in [-0.1, -0.05) is 18.6 Å². The first-order valence-corrected chi connectivity index (χ1v) is 11.7. The maximum Gasteiger partial charge on any atom is 0.191 e. The number of guanidine groups is 1. The summed E-state index contributed by atoms with van der Waals surface area (Å²) in [5.41, 5.74) is 1.20. The molecule has 1 saturated heterocycles. The van der Waals surface area contributed by atoms with Gasteiger partial charge in [0.05, 0.1) is 6.10 Å². The number of hydrogen-bond acceptors (Lipinski definition) is 4. The van der Waals surface area contributed by atoms with Crippen molar-refractivity contribution in [3.8, 4) is 5.75 Å². The minimum Gasteiger partial charge on any atom is -0.490 e. The van der Waals surface area contributed by atoms with Gasteiger partial charge in [-0.2, -0.15) is 0 Å². The van der Waals surface area contributed by atoms with E-state index in [1.807, 2.05) is 0 Å². The lowest BCUT2D eigenvalue weighted by atomic mass is 9.98. The molecule has 168 valence electrons.